The van der Waals surface area contributed by atoms with Crippen molar-refractivity contribution in [3.05, 3.63) is 47.0 Å². The van der Waals surface area contributed by atoms with Crippen LogP contribution < -0.4 is 14.4 Å². The van der Waals surface area contributed by atoms with Gasteiger partial charge in [-0.3, -0.25) is 14.6 Å². The first-order valence-electron chi connectivity index (χ1n) is 11.1. The molecule has 0 aliphatic carbocycles. The Kier molecular flexibility index (Phi) is 7.84. The number of fused-ring (bicyclic) bond motifs is 2. The zero-order valence-corrected chi connectivity index (χ0v) is 21.4. The van der Waals surface area contributed by atoms with Crippen LogP contribution >= 0.6 is 35.3 Å². The quantitative estimate of drug-likeness (QED) is 0.487. The van der Waals surface area contributed by atoms with E-state index in [9.17, 15) is 4.79 Å². The zero-order chi connectivity index (χ0) is 22.9. The number of carbonyl (C=O) groups is 1. The molecule has 2 unspecified atom stereocenters. The van der Waals surface area contributed by atoms with Gasteiger partial charge < -0.3 is 14.2 Å². The third kappa shape index (κ3) is 5.11. The highest BCUT2D eigenvalue weighted by Gasteiger charge is 2.38. The summed E-state index contributed by atoms with van der Waals surface area (Å²) in [5.74, 6) is 1.07. The summed E-state index contributed by atoms with van der Waals surface area (Å²) in [6.45, 7) is 8.19. The molecule has 3 aromatic rings. The van der Waals surface area contributed by atoms with Gasteiger partial charge in [0.05, 0.1) is 23.4 Å². The Morgan fingerprint density at radius 1 is 1.21 bits per heavy atom. The van der Waals surface area contributed by atoms with E-state index in [4.69, 9.17) is 30.8 Å². The Morgan fingerprint density at radius 2 is 1.91 bits per heavy atom. The number of anilines is 1. The summed E-state index contributed by atoms with van der Waals surface area (Å²) in [5, 5.41) is 1.30. The van der Waals surface area contributed by atoms with Crippen LogP contribution in [0.15, 0.2) is 36.4 Å². The third-order valence-electron chi connectivity index (χ3n) is 5.97. The normalized spacial score (nSPS) is 20.1. The Labute approximate surface area is 214 Å². The molecule has 10 heteroatoms. The summed E-state index contributed by atoms with van der Waals surface area (Å²) in [4.78, 5) is 22.7. The average Bonchev–Trinajstić information content (AvgIpc) is 3.23. The molecule has 34 heavy (non-hydrogen) atoms. The van der Waals surface area contributed by atoms with E-state index in [1.54, 1.807) is 4.90 Å². The lowest BCUT2D eigenvalue weighted by Crippen LogP contribution is -2.52. The van der Waals surface area contributed by atoms with Crippen molar-refractivity contribution in [3.8, 4) is 11.5 Å². The lowest BCUT2D eigenvalue weighted by molar-refractivity contribution is -0.130. The molecule has 2 aliphatic rings. The maximum absolute atomic E-state index is 13.8. The lowest BCUT2D eigenvalue weighted by Gasteiger charge is -2.35. The van der Waals surface area contributed by atoms with Crippen LogP contribution in [0.1, 0.15) is 12.5 Å². The topological polar surface area (TPSA) is 64.1 Å². The number of benzene rings is 2. The van der Waals surface area contributed by atoms with E-state index in [1.165, 1.54) is 11.3 Å². The van der Waals surface area contributed by atoms with Gasteiger partial charge in [-0.2, -0.15) is 0 Å². The first-order chi connectivity index (χ1) is 16.0. The minimum absolute atomic E-state index is 0. The van der Waals surface area contributed by atoms with Gasteiger partial charge in [0.25, 0.3) is 5.91 Å². The van der Waals surface area contributed by atoms with E-state index < -0.39 is 12.2 Å². The van der Waals surface area contributed by atoms with E-state index in [0.717, 1.165) is 35.4 Å². The Bertz CT molecular complexity index is 1170. The van der Waals surface area contributed by atoms with Gasteiger partial charge in [-0.25, -0.2) is 4.98 Å². The molecule has 0 N–H and O–H groups in total. The number of nitrogens with zero attached hydrogens (tertiary/aromatic N) is 3. The number of thiazole rings is 1. The van der Waals surface area contributed by atoms with Crippen molar-refractivity contribution in [1.82, 2.24) is 9.88 Å². The van der Waals surface area contributed by atoms with Crippen LogP contribution in [-0.4, -0.2) is 67.4 Å². The molecular formula is C24H27Cl2N3O4S. The first kappa shape index (κ1) is 25.0. The molecule has 7 nitrogen and oxygen atoms in total. The second-order valence-corrected chi connectivity index (χ2v) is 9.76. The van der Waals surface area contributed by atoms with Crippen LogP contribution in [0.25, 0.3) is 10.2 Å². The maximum Gasteiger partial charge on any atom is 0.273 e. The van der Waals surface area contributed by atoms with E-state index in [1.807, 2.05) is 50.2 Å². The first-order valence-corrected chi connectivity index (χ1v) is 12.3. The van der Waals surface area contributed by atoms with Crippen LogP contribution in [0.5, 0.6) is 11.5 Å². The van der Waals surface area contributed by atoms with E-state index in [0.29, 0.717) is 41.4 Å². The second-order valence-electron chi connectivity index (χ2n) is 8.32. The number of aryl methyl sites for hydroxylation is 1. The molecule has 1 amide bonds. The number of para-hydroxylation sites is 2. The second kappa shape index (κ2) is 10.7. The number of ether oxygens (including phenoxy) is 3. The van der Waals surface area contributed by atoms with Gasteiger partial charge >= 0.3 is 0 Å². The lowest BCUT2D eigenvalue weighted by atomic mass is 10.1. The number of hydrogen-bond acceptors (Lipinski definition) is 7. The molecule has 0 saturated carbocycles. The van der Waals surface area contributed by atoms with Crippen LogP contribution in [-0.2, 0) is 9.53 Å². The number of rotatable bonds is 5. The van der Waals surface area contributed by atoms with E-state index >= 15 is 0 Å². The molecule has 5 rings (SSSR count). The molecule has 0 bridgehead atoms. The Balaban J connectivity index is 0.00000274. The Morgan fingerprint density at radius 3 is 2.65 bits per heavy atom. The fourth-order valence-electron chi connectivity index (χ4n) is 4.17. The number of aromatic nitrogens is 1. The maximum atomic E-state index is 13.8. The highest BCUT2D eigenvalue weighted by Crippen LogP contribution is 2.36. The van der Waals surface area contributed by atoms with Crippen molar-refractivity contribution >= 4 is 56.6 Å². The Hall–Kier alpha value is -2.10. The van der Waals surface area contributed by atoms with Crippen molar-refractivity contribution in [2.75, 3.05) is 44.3 Å². The molecule has 1 saturated heterocycles. The third-order valence-corrected chi connectivity index (χ3v) is 7.21. The molecular weight excluding hydrogens is 497 g/mol. The van der Waals surface area contributed by atoms with Crippen molar-refractivity contribution in [2.45, 2.75) is 26.1 Å². The largest absolute Gasteiger partial charge is 0.482 e. The van der Waals surface area contributed by atoms with E-state index in [2.05, 4.69) is 4.90 Å². The predicted octanol–water partition coefficient (Wildman–Crippen LogP) is 4.57. The molecule has 2 aromatic carbocycles. The fourth-order valence-corrected chi connectivity index (χ4v) is 5.62. The number of halogens is 2. The van der Waals surface area contributed by atoms with Crippen LogP contribution in [0.2, 0.25) is 5.02 Å². The molecule has 3 heterocycles. The summed E-state index contributed by atoms with van der Waals surface area (Å²) in [6, 6.07) is 11.2. The summed E-state index contributed by atoms with van der Waals surface area (Å²) in [5.41, 5.74) is 1.85. The van der Waals surface area contributed by atoms with Gasteiger partial charge in [-0.15, -0.1) is 12.4 Å². The van der Waals surface area contributed by atoms with Gasteiger partial charge in [0.15, 0.2) is 16.6 Å². The molecule has 0 spiro atoms. The molecule has 2 atom stereocenters. The van der Waals surface area contributed by atoms with Crippen molar-refractivity contribution < 1.29 is 19.0 Å². The van der Waals surface area contributed by atoms with Crippen molar-refractivity contribution in [2.24, 2.45) is 0 Å². The summed E-state index contributed by atoms with van der Waals surface area (Å²) >= 11 is 7.74. The number of morpholine rings is 1. The highest BCUT2D eigenvalue weighted by molar-refractivity contribution is 7.22. The smallest absolute Gasteiger partial charge is 0.273 e. The summed E-state index contributed by atoms with van der Waals surface area (Å²) in [7, 11) is 0. The minimum Gasteiger partial charge on any atom is -0.482 e. The summed E-state index contributed by atoms with van der Waals surface area (Å²) < 4.78 is 18.5. The SMILES string of the molecule is Cc1cc(Cl)cc2sc(N(CCN3CCOCC3)C(=O)C3Oc4ccccc4OC3C)nc12.Cl. The highest BCUT2D eigenvalue weighted by atomic mass is 35.5. The summed E-state index contributed by atoms with van der Waals surface area (Å²) in [6.07, 6.45) is -1.19. The number of carbonyl (C=O) groups excluding carboxylic acids is 1. The van der Waals surface area contributed by atoms with Crippen LogP contribution in [0, 0.1) is 6.92 Å². The molecule has 2 aliphatic heterocycles. The van der Waals surface area contributed by atoms with E-state index in [-0.39, 0.29) is 18.3 Å². The average molecular weight is 524 g/mol. The zero-order valence-electron chi connectivity index (χ0n) is 19.0. The predicted molar refractivity (Wildman–Crippen MR) is 137 cm³/mol. The van der Waals surface area contributed by atoms with Crippen molar-refractivity contribution in [3.63, 3.8) is 0 Å². The van der Waals surface area contributed by atoms with Gasteiger partial charge in [-0.1, -0.05) is 35.1 Å². The number of amides is 1. The van der Waals surface area contributed by atoms with Gasteiger partial charge in [0.2, 0.25) is 6.10 Å². The van der Waals surface area contributed by atoms with Crippen LogP contribution in [0.4, 0.5) is 5.13 Å². The standard InChI is InChI=1S/C24H26ClN3O4S.ClH/c1-15-13-17(25)14-20-21(15)26-24(33-20)28(8-7-27-9-11-30-12-10-27)23(29)22-16(2)31-18-5-3-4-6-19(18)32-22;/h3-6,13-14,16,22H,7-12H2,1-2H3;1H. The number of hydrogen-bond donors (Lipinski definition) is 0. The van der Waals surface area contributed by atoms with Crippen molar-refractivity contribution in [1.29, 1.82) is 0 Å². The molecule has 182 valence electrons. The van der Waals surface area contributed by atoms with Gasteiger partial charge in [-0.05, 0) is 43.7 Å². The monoisotopic (exact) mass is 523 g/mol. The molecule has 0 radical (unpaired) electrons. The minimum atomic E-state index is -0.763. The van der Waals surface area contributed by atoms with Crippen LogP contribution in [0.3, 0.4) is 0 Å². The fraction of sp³-hybridized carbons (Fsp3) is 0.417. The van der Waals surface area contributed by atoms with Gasteiger partial charge in [0.1, 0.15) is 6.10 Å². The van der Waals surface area contributed by atoms with Gasteiger partial charge in [0, 0.05) is 31.2 Å². The molecule has 1 fully saturated rings. The molecule has 1 aromatic heterocycles.